The zero-order chi connectivity index (χ0) is 10.0. The van der Waals surface area contributed by atoms with Gasteiger partial charge in [-0.15, -0.1) is 0 Å². The van der Waals surface area contributed by atoms with Crippen LogP contribution in [0.25, 0.3) is 0 Å². The van der Waals surface area contributed by atoms with Crippen molar-refractivity contribution in [2.45, 2.75) is 45.6 Å². The van der Waals surface area contributed by atoms with Crippen molar-refractivity contribution in [3.05, 3.63) is 11.1 Å². The number of nitrogens with zero attached hydrogens (tertiary/aromatic N) is 2. The Morgan fingerprint density at radius 2 is 2.29 bits per heavy atom. The number of H-pyrrole nitrogens is 1. The maximum Gasteiger partial charge on any atom is 0.194 e. The van der Waals surface area contributed by atoms with E-state index < -0.39 is 0 Å². The maximum absolute atomic E-state index is 5.16. The van der Waals surface area contributed by atoms with E-state index in [-0.39, 0.29) is 0 Å². The lowest BCUT2D eigenvalue weighted by Crippen LogP contribution is -2.22. The number of hydrogen-bond donors (Lipinski definition) is 1. The lowest BCUT2D eigenvalue weighted by atomic mass is 9.83. The largest absolute Gasteiger partial charge is 0.306 e. The molecule has 1 aliphatic carbocycles. The topological polar surface area (TPSA) is 33.6 Å². The van der Waals surface area contributed by atoms with Gasteiger partial charge in [0.05, 0.1) is 0 Å². The van der Waals surface area contributed by atoms with Crippen LogP contribution in [0.5, 0.6) is 0 Å². The van der Waals surface area contributed by atoms with Crippen LogP contribution in [0.3, 0.4) is 0 Å². The highest BCUT2D eigenvalue weighted by atomic mass is 32.1. The molecule has 0 saturated heterocycles. The molecule has 1 aliphatic rings. The molecule has 0 amide bonds. The molecule has 0 aliphatic heterocycles. The Morgan fingerprint density at radius 1 is 1.57 bits per heavy atom. The highest BCUT2D eigenvalue weighted by Gasteiger charge is 2.32. The fraction of sp³-hybridized carbons (Fsp3) is 0.800. The smallest absolute Gasteiger partial charge is 0.194 e. The second-order valence-electron chi connectivity index (χ2n) is 4.35. The molecule has 0 aromatic carbocycles. The average molecular weight is 211 g/mol. The van der Waals surface area contributed by atoms with Crippen molar-refractivity contribution in [3.63, 3.8) is 0 Å². The van der Waals surface area contributed by atoms with Gasteiger partial charge in [0.25, 0.3) is 0 Å². The van der Waals surface area contributed by atoms with Crippen LogP contribution in [-0.4, -0.2) is 14.8 Å². The molecule has 0 radical (unpaired) electrons. The summed E-state index contributed by atoms with van der Waals surface area (Å²) in [6.45, 7) is 3.33. The van der Waals surface area contributed by atoms with Crippen LogP contribution in [0, 0.1) is 10.2 Å². The standard InChI is InChI=1S/C10H17N3S/c1-2-10(5-3-4-6-10)7-13-8-11-12-9(13)14/h8H,2-7H2,1H3,(H,12,14). The summed E-state index contributed by atoms with van der Waals surface area (Å²) >= 11 is 5.16. The third-order valence-electron chi connectivity index (χ3n) is 3.54. The molecule has 0 unspecified atom stereocenters. The zero-order valence-corrected chi connectivity index (χ0v) is 9.44. The monoisotopic (exact) mass is 211 g/mol. The Balaban J connectivity index is 2.16. The number of hydrogen-bond acceptors (Lipinski definition) is 2. The summed E-state index contributed by atoms with van der Waals surface area (Å²) < 4.78 is 2.83. The fourth-order valence-corrected chi connectivity index (χ4v) is 2.66. The zero-order valence-electron chi connectivity index (χ0n) is 8.62. The van der Waals surface area contributed by atoms with Gasteiger partial charge < -0.3 is 4.57 Å². The molecule has 0 spiro atoms. The minimum Gasteiger partial charge on any atom is -0.306 e. The lowest BCUT2D eigenvalue weighted by Gasteiger charge is -2.27. The molecule has 3 nitrogen and oxygen atoms in total. The van der Waals surface area contributed by atoms with E-state index in [0.717, 1.165) is 11.3 Å². The van der Waals surface area contributed by atoms with Crippen LogP contribution in [0.15, 0.2) is 6.33 Å². The summed E-state index contributed by atoms with van der Waals surface area (Å²) in [6, 6.07) is 0. The first-order chi connectivity index (χ1) is 6.76. The predicted octanol–water partition coefficient (Wildman–Crippen LogP) is 2.91. The van der Waals surface area contributed by atoms with Crippen molar-refractivity contribution in [1.82, 2.24) is 14.8 Å². The van der Waals surface area contributed by atoms with E-state index in [1.54, 1.807) is 0 Å². The minimum absolute atomic E-state index is 0.488. The van der Waals surface area contributed by atoms with E-state index in [2.05, 4.69) is 21.7 Å². The van der Waals surface area contributed by atoms with Crippen LogP contribution in [0.4, 0.5) is 0 Å². The molecule has 78 valence electrons. The molecule has 1 N–H and O–H groups in total. The van der Waals surface area contributed by atoms with E-state index in [1.165, 1.54) is 32.1 Å². The van der Waals surface area contributed by atoms with E-state index >= 15 is 0 Å². The number of aromatic amines is 1. The van der Waals surface area contributed by atoms with Crippen molar-refractivity contribution in [2.75, 3.05) is 0 Å². The number of nitrogens with one attached hydrogen (secondary N) is 1. The molecular weight excluding hydrogens is 194 g/mol. The molecular formula is C10H17N3S. The lowest BCUT2D eigenvalue weighted by molar-refractivity contribution is 0.236. The molecule has 2 rings (SSSR count). The molecule has 0 bridgehead atoms. The van der Waals surface area contributed by atoms with Gasteiger partial charge in [0, 0.05) is 6.54 Å². The highest BCUT2D eigenvalue weighted by Crippen LogP contribution is 2.42. The third kappa shape index (κ3) is 1.75. The number of rotatable bonds is 3. The molecule has 14 heavy (non-hydrogen) atoms. The van der Waals surface area contributed by atoms with Crippen molar-refractivity contribution in [2.24, 2.45) is 5.41 Å². The average Bonchev–Trinajstić information content (AvgIpc) is 2.79. The van der Waals surface area contributed by atoms with E-state index in [9.17, 15) is 0 Å². The van der Waals surface area contributed by atoms with Gasteiger partial charge in [0.1, 0.15) is 6.33 Å². The van der Waals surface area contributed by atoms with Crippen molar-refractivity contribution in [1.29, 1.82) is 0 Å². The first-order valence-corrected chi connectivity index (χ1v) is 5.76. The van der Waals surface area contributed by atoms with Gasteiger partial charge in [0.15, 0.2) is 4.77 Å². The van der Waals surface area contributed by atoms with Gasteiger partial charge in [-0.3, -0.25) is 5.10 Å². The maximum atomic E-state index is 5.16. The van der Waals surface area contributed by atoms with Crippen LogP contribution in [0.2, 0.25) is 0 Å². The van der Waals surface area contributed by atoms with E-state index in [4.69, 9.17) is 12.2 Å². The SMILES string of the molecule is CCC1(Cn2cn[nH]c2=S)CCCC1. The van der Waals surface area contributed by atoms with Crippen molar-refractivity contribution >= 4 is 12.2 Å². The molecule has 0 atom stereocenters. The van der Waals surface area contributed by atoms with Crippen LogP contribution < -0.4 is 0 Å². The van der Waals surface area contributed by atoms with E-state index in [1.807, 2.05) is 6.33 Å². The summed E-state index contributed by atoms with van der Waals surface area (Å²) in [5.74, 6) is 0. The fourth-order valence-electron chi connectivity index (χ4n) is 2.49. The van der Waals surface area contributed by atoms with Crippen LogP contribution >= 0.6 is 12.2 Å². The van der Waals surface area contributed by atoms with Crippen molar-refractivity contribution in [3.8, 4) is 0 Å². The quantitative estimate of drug-likeness (QED) is 0.780. The Morgan fingerprint density at radius 3 is 2.79 bits per heavy atom. The summed E-state index contributed by atoms with van der Waals surface area (Å²) in [7, 11) is 0. The van der Waals surface area contributed by atoms with E-state index in [0.29, 0.717) is 5.41 Å². The van der Waals surface area contributed by atoms with Crippen molar-refractivity contribution < 1.29 is 0 Å². The van der Waals surface area contributed by atoms with Gasteiger partial charge in [-0.2, -0.15) is 5.10 Å². The Kier molecular flexibility index (Phi) is 2.72. The van der Waals surface area contributed by atoms with Gasteiger partial charge in [-0.1, -0.05) is 19.8 Å². The molecule has 1 aromatic heterocycles. The van der Waals surface area contributed by atoms with Gasteiger partial charge >= 0.3 is 0 Å². The van der Waals surface area contributed by atoms with Gasteiger partial charge in [-0.25, -0.2) is 0 Å². The van der Waals surface area contributed by atoms with Gasteiger partial charge in [-0.05, 0) is 36.9 Å². The third-order valence-corrected chi connectivity index (χ3v) is 3.86. The summed E-state index contributed by atoms with van der Waals surface area (Å²) in [5, 5.41) is 6.77. The Hall–Kier alpha value is -0.640. The number of aromatic nitrogens is 3. The minimum atomic E-state index is 0.488. The summed E-state index contributed by atoms with van der Waals surface area (Å²) in [4.78, 5) is 0. The first kappa shape index (κ1) is 9.90. The normalized spacial score (nSPS) is 20.1. The molecule has 1 heterocycles. The van der Waals surface area contributed by atoms with Crippen LogP contribution in [-0.2, 0) is 6.54 Å². The first-order valence-electron chi connectivity index (χ1n) is 5.36. The Labute approximate surface area is 89.5 Å². The summed E-state index contributed by atoms with van der Waals surface area (Å²) in [5.41, 5.74) is 0.488. The molecule has 1 saturated carbocycles. The molecule has 1 fully saturated rings. The Bertz CT molecular complexity index is 346. The van der Waals surface area contributed by atoms with Crippen LogP contribution in [0.1, 0.15) is 39.0 Å². The molecule has 1 aromatic rings. The molecule has 4 heteroatoms. The summed E-state index contributed by atoms with van der Waals surface area (Å²) in [6.07, 6.45) is 8.50. The highest BCUT2D eigenvalue weighted by molar-refractivity contribution is 7.71. The second-order valence-corrected chi connectivity index (χ2v) is 4.74. The predicted molar refractivity (Wildman–Crippen MR) is 58.6 cm³/mol. The second kappa shape index (κ2) is 3.85. The van der Waals surface area contributed by atoms with Gasteiger partial charge in [0.2, 0.25) is 0 Å².